The summed E-state index contributed by atoms with van der Waals surface area (Å²) in [5, 5.41) is 15.5. The van der Waals surface area contributed by atoms with Crippen molar-refractivity contribution < 1.29 is 4.39 Å². The van der Waals surface area contributed by atoms with Gasteiger partial charge in [-0.3, -0.25) is 0 Å². The molecule has 0 radical (unpaired) electrons. The highest BCUT2D eigenvalue weighted by atomic mass is 19.1. The number of hydrogen-bond donors (Lipinski definition) is 1. The van der Waals surface area contributed by atoms with Gasteiger partial charge in [0.05, 0.1) is 0 Å². The Hall–Kier alpha value is -2.26. The second kappa shape index (κ2) is 4.72. The molecule has 1 aromatic heterocycles. The van der Waals surface area contributed by atoms with Crippen molar-refractivity contribution in [3.8, 4) is 11.8 Å². The van der Waals surface area contributed by atoms with Crippen LogP contribution in [0.25, 0.3) is 5.69 Å². The van der Waals surface area contributed by atoms with Crippen LogP contribution in [0.2, 0.25) is 0 Å². The van der Waals surface area contributed by atoms with Crippen LogP contribution in [0.4, 0.5) is 4.39 Å². The Bertz CT molecular complexity index is 569. The van der Waals surface area contributed by atoms with Gasteiger partial charge in [0.2, 0.25) is 0 Å². The Morgan fingerprint density at radius 3 is 3.00 bits per heavy atom. The predicted octanol–water partition coefficient (Wildman–Crippen LogP) is 0.997. The fourth-order valence-electron chi connectivity index (χ4n) is 1.57. The lowest BCUT2D eigenvalue weighted by molar-refractivity contribution is 0.604. The molecule has 0 fully saturated rings. The van der Waals surface area contributed by atoms with Crippen molar-refractivity contribution in [1.29, 1.82) is 5.26 Å². The van der Waals surface area contributed by atoms with Gasteiger partial charge in [0, 0.05) is 6.54 Å². The topological polar surface area (TPSA) is 66.5 Å². The minimum absolute atomic E-state index is 0.0173. The highest BCUT2D eigenvalue weighted by molar-refractivity contribution is 5.41. The van der Waals surface area contributed by atoms with Crippen LogP contribution in [0.1, 0.15) is 11.4 Å². The Morgan fingerprint density at radius 2 is 2.35 bits per heavy atom. The Kier molecular flexibility index (Phi) is 3.12. The molecule has 6 heteroatoms. The SMILES string of the molecule is CNCc1cccc(F)c1-n1cnc(C#N)n1. The smallest absolute Gasteiger partial charge is 0.252 e. The normalized spacial score (nSPS) is 10.2. The summed E-state index contributed by atoms with van der Waals surface area (Å²) in [7, 11) is 1.77. The van der Waals surface area contributed by atoms with Gasteiger partial charge in [0.25, 0.3) is 5.82 Å². The molecule has 1 N–H and O–H groups in total. The third-order valence-electron chi connectivity index (χ3n) is 2.26. The lowest BCUT2D eigenvalue weighted by atomic mass is 10.1. The van der Waals surface area contributed by atoms with E-state index in [4.69, 9.17) is 5.26 Å². The summed E-state index contributed by atoms with van der Waals surface area (Å²) in [6.07, 6.45) is 1.33. The zero-order chi connectivity index (χ0) is 12.3. The third-order valence-corrected chi connectivity index (χ3v) is 2.26. The number of halogens is 1. The van der Waals surface area contributed by atoms with Gasteiger partial charge in [-0.15, -0.1) is 5.10 Å². The van der Waals surface area contributed by atoms with Crippen molar-refractivity contribution in [3.63, 3.8) is 0 Å². The molecule has 0 spiro atoms. The molecule has 5 nitrogen and oxygen atoms in total. The van der Waals surface area contributed by atoms with Crippen LogP contribution in [-0.4, -0.2) is 21.8 Å². The minimum atomic E-state index is -0.396. The molecule has 0 aliphatic rings. The number of para-hydroxylation sites is 1. The van der Waals surface area contributed by atoms with E-state index in [9.17, 15) is 4.39 Å². The molecule has 1 heterocycles. The van der Waals surface area contributed by atoms with Gasteiger partial charge in [-0.2, -0.15) is 5.26 Å². The highest BCUT2D eigenvalue weighted by Crippen LogP contribution is 2.17. The van der Waals surface area contributed by atoms with Gasteiger partial charge in [-0.1, -0.05) is 12.1 Å². The van der Waals surface area contributed by atoms with Crippen molar-refractivity contribution in [2.75, 3.05) is 7.05 Å². The molecular formula is C11H10FN5. The van der Waals surface area contributed by atoms with Crippen LogP contribution in [0.15, 0.2) is 24.5 Å². The molecule has 2 rings (SSSR count). The average Bonchev–Trinajstić information content (AvgIpc) is 2.78. The predicted molar refractivity (Wildman–Crippen MR) is 58.8 cm³/mol. The van der Waals surface area contributed by atoms with Crippen LogP contribution in [0.3, 0.4) is 0 Å². The molecule has 0 saturated heterocycles. The van der Waals surface area contributed by atoms with E-state index in [1.165, 1.54) is 17.1 Å². The quantitative estimate of drug-likeness (QED) is 0.855. The van der Waals surface area contributed by atoms with Crippen molar-refractivity contribution in [2.45, 2.75) is 6.54 Å². The van der Waals surface area contributed by atoms with E-state index in [-0.39, 0.29) is 5.82 Å². The van der Waals surface area contributed by atoms with Crippen molar-refractivity contribution in [2.24, 2.45) is 0 Å². The number of nitriles is 1. The van der Waals surface area contributed by atoms with Gasteiger partial charge in [0.1, 0.15) is 23.9 Å². The van der Waals surface area contributed by atoms with Gasteiger partial charge in [-0.25, -0.2) is 14.1 Å². The van der Waals surface area contributed by atoms with Crippen LogP contribution in [0.5, 0.6) is 0 Å². The van der Waals surface area contributed by atoms with Gasteiger partial charge in [0.15, 0.2) is 0 Å². The maximum absolute atomic E-state index is 13.8. The van der Waals surface area contributed by atoms with Crippen molar-refractivity contribution >= 4 is 0 Å². The molecule has 86 valence electrons. The standard InChI is InChI=1S/C11H10FN5/c1-14-6-8-3-2-4-9(12)11(8)17-7-15-10(5-13)16-17/h2-4,7,14H,6H2,1H3. The molecule has 0 aliphatic carbocycles. The van der Waals surface area contributed by atoms with E-state index in [2.05, 4.69) is 15.4 Å². The summed E-state index contributed by atoms with van der Waals surface area (Å²) in [4.78, 5) is 3.76. The summed E-state index contributed by atoms with van der Waals surface area (Å²) >= 11 is 0. The summed E-state index contributed by atoms with van der Waals surface area (Å²) in [5.41, 5.74) is 1.07. The fourth-order valence-corrected chi connectivity index (χ4v) is 1.57. The fraction of sp³-hybridized carbons (Fsp3) is 0.182. The molecule has 0 unspecified atom stereocenters. The van der Waals surface area contributed by atoms with Crippen LogP contribution in [0, 0.1) is 17.1 Å². The lowest BCUT2D eigenvalue weighted by Crippen LogP contribution is -2.11. The number of rotatable bonds is 3. The van der Waals surface area contributed by atoms with Crippen LogP contribution < -0.4 is 5.32 Å². The van der Waals surface area contributed by atoms with Crippen LogP contribution >= 0.6 is 0 Å². The van der Waals surface area contributed by atoms with E-state index in [0.29, 0.717) is 12.2 Å². The summed E-state index contributed by atoms with van der Waals surface area (Å²) in [6, 6.07) is 6.58. The number of nitrogens with zero attached hydrogens (tertiary/aromatic N) is 4. The Labute approximate surface area is 97.5 Å². The summed E-state index contributed by atoms with van der Waals surface area (Å²) in [5.74, 6) is -0.379. The van der Waals surface area contributed by atoms with E-state index in [1.807, 2.05) is 0 Å². The maximum Gasteiger partial charge on any atom is 0.252 e. The van der Waals surface area contributed by atoms with Gasteiger partial charge < -0.3 is 5.32 Å². The highest BCUT2D eigenvalue weighted by Gasteiger charge is 2.12. The molecule has 0 atom stereocenters. The first-order valence-corrected chi connectivity index (χ1v) is 5.00. The molecule has 0 aliphatic heterocycles. The molecule has 0 saturated carbocycles. The second-order valence-electron chi connectivity index (χ2n) is 3.40. The molecule has 17 heavy (non-hydrogen) atoms. The Morgan fingerprint density at radius 1 is 1.53 bits per heavy atom. The summed E-state index contributed by atoms with van der Waals surface area (Å²) < 4.78 is 15.1. The maximum atomic E-state index is 13.8. The number of aromatic nitrogens is 3. The molecular weight excluding hydrogens is 221 g/mol. The van der Waals surface area contributed by atoms with E-state index in [0.717, 1.165) is 5.56 Å². The van der Waals surface area contributed by atoms with Crippen molar-refractivity contribution in [1.82, 2.24) is 20.1 Å². The zero-order valence-corrected chi connectivity index (χ0v) is 9.18. The molecule has 2 aromatic rings. The number of nitrogens with one attached hydrogen (secondary N) is 1. The summed E-state index contributed by atoms with van der Waals surface area (Å²) in [6.45, 7) is 0.509. The molecule has 0 amide bonds. The Balaban J connectivity index is 2.53. The first-order chi connectivity index (χ1) is 8.26. The van der Waals surface area contributed by atoms with Gasteiger partial charge >= 0.3 is 0 Å². The first-order valence-electron chi connectivity index (χ1n) is 5.00. The second-order valence-corrected chi connectivity index (χ2v) is 3.40. The molecule has 1 aromatic carbocycles. The molecule has 0 bridgehead atoms. The van der Waals surface area contributed by atoms with Crippen molar-refractivity contribution in [3.05, 3.63) is 41.7 Å². The third kappa shape index (κ3) is 2.14. The number of benzene rings is 1. The van der Waals surface area contributed by atoms with E-state index in [1.54, 1.807) is 25.2 Å². The minimum Gasteiger partial charge on any atom is -0.316 e. The largest absolute Gasteiger partial charge is 0.316 e. The lowest BCUT2D eigenvalue weighted by Gasteiger charge is -2.09. The monoisotopic (exact) mass is 231 g/mol. The van der Waals surface area contributed by atoms with E-state index >= 15 is 0 Å². The van der Waals surface area contributed by atoms with E-state index < -0.39 is 5.82 Å². The van der Waals surface area contributed by atoms with Gasteiger partial charge in [-0.05, 0) is 18.7 Å². The van der Waals surface area contributed by atoms with Crippen LogP contribution in [-0.2, 0) is 6.54 Å². The average molecular weight is 231 g/mol. The zero-order valence-electron chi connectivity index (χ0n) is 9.18. The first kappa shape index (κ1) is 11.2. The number of hydrogen-bond acceptors (Lipinski definition) is 4.